The maximum atomic E-state index is 14.1. The molecular formula is C46H58N10O5. The number of piperidine rings is 2. The molecule has 2 amide bonds. The van der Waals surface area contributed by atoms with Crippen molar-refractivity contribution in [2.24, 2.45) is 5.41 Å². The minimum absolute atomic E-state index is 0.00535. The molecule has 0 saturated carbocycles. The normalized spacial score (nSPS) is 19.9. The highest BCUT2D eigenvalue weighted by Crippen LogP contribution is 2.42. The molecule has 4 aromatic rings. The van der Waals surface area contributed by atoms with Gasteiger partial charge in [-0.1, -0.05) is 32.0 Å². The van der Waals surface area contributed by atoms with E-state index >= 15 is 0 Å². The highest BCUT2D eigenvalue weighted by Gasteiger charge is 2.40. The molecule has 0 radical (unpaired) electrons. The molecule has 1 atom stereocenters. The Bertz CT molecular complexity index is 2280. The molecule has 15 heteroatoms. The van der Waals surface area contributed by atoms with E-state index in [-0.39, 0.29) is 52.2 Å². The zero-order valence-electron chi connectivity index (χ0n) is 35.6. The number of hydrogen-bond acceptors (Lipinski definition) is 13. The molecule has 3 fully saturated rings. The second-order valence-corrected chi connectivity index (χ2v) is 18.1. The van der Waals surface area contributed by atoms with E-state index in [2.05, 4.69) is 47.8 Å². The van der Waals surface area contributed by atoms with Crippen LogP contribution in [0.1, 0.15) is 96.2 Å². The number of rotatable bonds is 8. The van der Waals surface area contributed by atoms with Gasteiger partial charge in [0.05, 0.1) is 36.1 Å². The van der Waals surface area contributed by atoms with Gasteiger partial charge in [-0.2, -0.15) is 0 Å². The van der Waals surface area contributed by atoms with Crippen molar-refractivity contribution in [3.63, 3.8) is 0 Å². The number of carbonyl (C=O) groups is 2. The van der Waals surface area contributed by atoms with E-state index in [1.54, 1.807) is 23.4 Å². The lowest BCUT2D eigenvalue weighted by atomic mass is 9.71. The van der Waals surface area contributed by atoms with E-state index in [4.69, 9.17) is 20.4 Å². The quantitative estimate of drug-likeness (QED) is 0.223. The number of morpholine rings is 1. The topological polar surface area (TPSA) is 178 Å². The number of phenolic OH excluding ortho intramolecular Hbond substituents is 2. The van der Waals surface area contributed by atoms with Crippen LogP contribution < -0.4 is 10.6 Å². The minimum atomic E-state index is -0.260. The van der Waals surface area contributed by atoms with E-state index in [0.717, 1.165) is 113 Å². The fraction of sp³-hybridized carbons (Fsp3) is 0.522. The zero-order chi connectivity index (χ0) is 42.4. The number of carbonyl (C=O) groups excluding carboxylic acids is 2. The molecule has 0 aliphatic carbocycles. The van der Waals surface area contributed by atoms with E-state index in [1.165, 1.54) is 11.6 Å². The molecule has 1 spiro atoms. The van der Waals surface area contributed by atoms with Gasteiger partial charge < -0.3 is 35.4 Å². The van der Waals surface area contributed by atoms with E-state index in [1.807, 2.05) is 20.8 Å². The summed E-state index contributed by atoms with van der Waals surface area (Å²) in [5.41, 5.74) is 13.2. The van der Waals surface area contributed by atoms with Crippen molar-refractivity contribution in [2.45, 2.75) is 91.0 Å². The third-order valence-electron chi connectivity index (χ3n) is 14.0. The van der Waals surface area contributed by atoms with E-state index in [9.17, 15) is 19.8 Å². The molecule has 2 aromatic carbocycles. The van der Waals surface area contributed by atoms with Gasteiger partial charge in [0.25, 0.3) is 5.91 Å². The van der Waals surface area contributed by atoms with Crippen LogP contribution in [0.25, 0.3) is 11.4 Å². The number of anilines is 2. The average Bonchev–Trinajstić information content (AvgIpc) is 3.70. The molecule has 4 N–H and O–H groups in total. The summed E-state index contributed by atoms with van der Waals surface area (Å²) in [6, 6.07) is 9.20. The molecule has 5 aliphatic heterocycles. The van der Waals surface area contributed by atoms with Crippen molar-refractivity contribution in [3.8, 4) is 22.9 Å². The molecule has 322 valence electrons. The largest absolute Gasteiger partial charge is 0.508 e. The maximum absolute atomic E-state index is 14.1. The first-order valence-electron chi connectivity index (χ1n) is 21.9. The van der Waals surface area contributed by atoms with Crippen LogP contribution in [0.5, 0.6) is 11.5 Å². The fourth-order valence-electron chi connectivity index (χ4n) is 10.0. The summed E-state index contributed by atoms with van der Waals surface area (Å²) >= 11 is 0. The van der Waals surface area contributed by atoms with Crippen LogP contribution in [0.15, 0.2) is 42.7 Å². The van der Waals surface area contributed by atoms with Gasteiger partial charge in [0.15, 0.2) is 5.82 Å². The molecule has 9 rings (SSSR count). The number of benzene rings is 2. The Hall–Kier alpha value is -5.38. The average molecular weight is 831 g/mol. The van der Waals surface area contributed by atoms with Crippen LogP contribution in [0.4, 0.5) is 11.8 Å². The number of amides is 2. The van der Waals surface area contributed by atoms with Crippen LogP contribution in [-0.4, -0.2) is 127 Å². The zero-order valence-corrected chi connectivity index (χ0v) is 35.6. The summed E-state index contributed by atoms with van der Waals surface area (Å²) in [5.74, 6) is 1.51. The second-order valence-electron chi connectivity index (χ2n) is 18.1. The van der Waals surface area contributed by atoms with Crippen molar-refractivity contribution in [1.82, 2.24) is 39.5 Å². The van der Waals surface area contributed by atoms with Gasteiger partial charge in [0.2, 0.25) is 11.9 Å². The van der Waals surface area contributed by atoms with Gasteiger partial charge in [0, 0.05) is 82.9 Å². The second kappa shape index (κ2) is 16.8. The third kappa shape index (κ3) is 8.35. The van der Waals surface area contributed by atoms with Crippen molar-refractivity contribution < 1.29 is 24.5 Å². The fourth-order valence-corrected chi connectivity index (χ4v) is 10.0. The number of likely N-dealkylation sites (tertiary alicyclic amines) is 2. The molecule has 2 aromatic heterocycles. The van der Waals surface area contributed by atoms with Gasteiger partial charge in [-0.25, -0.2) is 19.9 Å². The van der Waals surface area contributed by atoms with Gasteiger partial charge in [-0.3, -0.25) is 19.4 Å². The summed E-state index contributed by atoms with van der Waals surface area (Å²) in [4.78, 5) is 57.0. The Kier molecular flexibility index (Phi) is 11.3. The maximum Gasteiger partial charge on any atom is 0.258 e. The number of aromatic nitrogens is 4. The number of nitrogens with zero attached hydrogens (tertiary/aromatic N) is 9. The number of fused-ring (bicyclic) bond motifs is 2. The predicted molar refractivity (Wildman–Crippen MR) is 231 cm³/mol. The Morgan fingerprint density at radius 1 is 0.820 bits per heavy atom. The lowest BCUT2D eigenvalue weighted by Gasteiger charge is -2.47. The first-order chi connectivity index (χ1) is 29.4. The summed E-state index contributed by atoms with van der Waals surface area (Å²) in [6.45, 7) is 15.6. The lowest BCUT2D eigenvalue weighted by molar-refractivity contribution is -0.139. The molecule has 61 heavy (non-hydrogen) atoms. The number of phenols is 2. The van der Waals surface area contributed by atoms with E-state index in [0.29, 0.717) is 49.8 Å². The molecule has 3 saturated heterocycles. The Morgan fingerprint density at radius 2 is 1.52 bits per heavy atom. The van der Waals surface area contributed by atoms with Crippen LogP contribution in [0, 0.1) is 5.41 Å². The number of hydrogen-bond donors (Lipinski definition) is 3. The van der Waals surface area contributed by atoms with Gasteiger partial charge >= 0.3 is 0 Å². The Labute approximate surface area is 357 Å². The first-order valence-corrected chi connectivity index (χ1v) is 21.9. The van der Waals surface area contributed by atoms with E-state index < -0.39 is 0 Å². The van der Waals surface area contributed by atoms with Crippen molar-refractivity contribution >= 4 is 23.6 Å². The highest BCUT2D eigenvalue weighted by atomic mass is 16.5. The summed E-state index contributed by atoms with van der Waals surface area (Å²) in [7, 11) is 0. The monoisotopic (exact) mass is 830 g/mol. The molecule has 5 aliphatic rings. The molecule has 0 bridgehead atoms. The number of nitrogens with two attached hydrogens (primary N) is 1. The van der Waals surface area contributed by atoms with Crippen molar-refractivity contribution in [3.05, 3.63) is 81.8 Å². The minimum Gasteiger partial charge on any atom is -0.508 e. The summed E-state index contributed by atoms with van der Waals surface area (Å²) in [5, 5.41) is 20.8. The molecule has 15 nitrogen and oxygen atoms in total. The molecule has 7 heterocycles. The van der Waals surface area contributed by atoms with Gasteiger partial charge in [0.1, 0.15) is 17.3 Å². The van der Waals surface area contributed by atoms with Crippen LogP contribution in [0.3, 0.4) is 0 Å². The van der Waals surface area contributed by atoms with Gasteiger partial charge in [-0.15, -0.1) is 0 Å². The highest BCUT2D eigenvalue weighted by molar-refractivity contribution is 5.97. The van der Waals surface area contributed by atoms with Gasteiger partial charge in [-0.05, 0) is 91.8 Å². The smallest absolute Gasteiger partial charge is 0.258 e. The number of nitrogen functional groups attached to an aromatic ring is 1. The van der Waals surface area contributed by atoms with Crippen LogP contribution in [-0.2, 0) is 42.1 Å². The van der Waals surface area contributed by atoms with Crippen molar-refractivity contribution in [1.29, 1.82) is 0 Å². The Balaban J connectivity index is 0.780. The number of ether oxygens (including phenoxy) is 1. The van der Waals surface area contributed by atoms with Crippen molar-refractivity contribution in [2.75, 3.05) is 69.7 Å². The third-order valence-corrected chi connectivity index (χ3v) is 14.0. The lowest BCUT2D eigenvalue weighted by Crippen LogP contribution is -2.53. The molecule has 1 unspecified atom stereocenters. The number of aromatic hydroxyl groups is 2. The first kappa shape index (κ1) is 41.0. The molecular weight excluding hydrogens is 773 g/mol. The standard InChI is InChI=1S/C46H58N10O5/c1-29(2)36-21-37(40(58)22-39(36)57)44(60)56-26-32-5-4-31(20-33(32)27-56)25-52-12-7-46(8-13-52)9-14-54(15-10-46)43(59)30(3)55-11-6-35-38(28-55)50-41(34-23-48-45(47)49-24-34)51-42(35)53-16-18-61-19-17-53/h4-5,20-24,29-30,57-58H,6-19,25-28H2,1-3H3,(H2,47,48,49). The summed E-state index contributed by atoms with van der Waals surface area (Å²) in [6.07, 6.45) is 8.42. The SMILES string of the molecule is CC(C)c1cc(C(=O)N2Cc3ccc(CN4CCC5(CC4)CCN(C(=O)C(C)N4CCc6c(nc(-c7cnc(N)nc7)nc6N6CCOCC6)C4)CC5)cc3C2)c(O)cc1O. The van der Waals surface area contributed by atoms with Crippen LogP contribution >= 0.6 is 0 Å². The van der Waals surface area contributed by atoms with Crippen LogP contribution in [0.2, 0.25) is 0 Å². The Morgan fingerprint density at radius 3 is 2.25 bits per heavy atom. The summed E-state index contributed by atoms with van der Waals surface area (Å²) < 4.78 is 5.64. The predicted octanol–water partition coefficient (Wildman–Crippen LogP) is 4.69.